The molecule has 0 spiro atoms. The standard InChI is InChI=1S/C13H21BrN2O2/c1-3-18-7-6-11(16-15)8-10-9-12(17-2)4-5-13(10)14/h4-5,9,11,16H,3,6-8,15H2,1-2H3. The molecule has 0 saturated carbocycles. The fourth-order valence-corrected chi connectivity index (χ4v) is 2.12. The van der Waals surface area contributed by atoms with E-state index in [1.807, 2.05) is 25.1 Å². The minimum absolute atomic E-state index is 0.194. The SMILES string of the molecule is CCOCCC(Cc1cc(OC)ccc1Br)NN. The summed E-state index contributed by atoms with van der Waals surface area (Å²) in [5.41, 5.74) is 4.01. The summed E-state index contributed by atoms with van der Waals surface area (Å²) in [6, 6.07) is 6.14. The molecule has 1 rings (SSSR count). The van der Waals surface area contributed by atoms with Crippen molar-refractivity contribution in [2.24, 2.45) is 5.84 Å². The Kier molecular flexibility index (Phi) is 7.27. The lowest BCUT2D eigenvalue weighted by Crippen LogP contribution is -2.37. The Bertz CT molecular complexity index is 361. The summed E-state index contributed by atoms with van der Waals surface area (Å²) in [7, 11) is 1.67. The van der Waals surface area contributed by atoms with Crippen molar-refractivity contribution in [1.82, 2.24) is 5.43 Å². The van der Waals surface area contributed by atoms with Gasteiger partial charge in [-0.05, 0) is 43.5 Å². The first-order valence-corrected chi connectivity index (χ1v) is 6.86. The molecule has 5 heteroatoms. The molecular formula is C13H21BrN2O2. The Morgan fingerprint density at radius 3 is 2.83 bits per heavy atom. The van der Waals surface area contributed by atoms with Crippen LogP contribution in [0.25, 0.3) is 0 Å². The van der Waals surface area contributed by atoms with Gasteiger partial charge in [0, 0.05) is 23.7 Å². The highest BCUT2D eigenvalue weighted by Gasteiger charge is 2.11. The molecule has 1 aromatic carbocycles. The number of hydrazine groups is 1. The van der Waals surface area contributed by atoms with Crippen LogP contribution in [0.4, 0.5) is 0 Å². The van der Waals surface area contributed by atoms with Crippen LogP contribution in [0.15, 0.2) is 22.7 Å². The molecule has 0 amide bonds. The summed E-state index contributed by atoms with van der Waals surface area (Å²) in [5.74, 6) is 6.43. The van der Waals surface area contributed by atoms with Crippen LogP contribution in [0.3, 0.4) is 0 Å². The van der Waals surface area contributed by atoms with Gasteiger partial charge in [-0.1, -0.05) is 15.9 Å². The first-order chi connectivity index (χ1) is 8.71. The molecule has 0 saturated heterocycles. The van der Waals surface area contributed by atoms with Crippen LogP contribution >= 0.6 is 15.9 Å². The molecule has 0 radical (unpaired) electrons. The van der Waals surface area contributed by atoms with Gasteiger partial charge in [-0.2, -0.15) is 0 Å². The van der Waals surface area contributed by atoms with Gasteiger partial charge in [0.05, 0.1) is 7.11 Å². The summed E-state index contributed by atoms with van der Waals surface area (Å²) < 4.78 is 11.6. The van der Waals surface area contributed by atoms with Crippen molar-refractivity contribution in [2.45, 2.75) is 25.8 Å². The first-order valence-electron chi connectivity index (χ1n) is 6.07. The fourth-order valence-electron chi connectivity index (χ4n) is 1.71. The Hall–Kier alpha value is -0.620. The van der Waals surface area contributed by atoms with Crippen LogP contribution in [0.1, 0.15) is 18.9 Å². The summed E-state index contributed by atoms with van der Waals surface area (Å²) in [5, 5.41) is 0. The number of hydrogen-bond acceptors (Lipinski definition) is 4. The van der Waals surface area contributed by atoms with Gasteiger partial charge in [0.25, 0.3) is 0 Å². The molecule has 0 aliphatic carbocycles. The Morgan fingerprint density at radius 1 is 1.44 bits per heavy atom. The maximum atomic E-state index is 5.57. The van der Waals surface area contributed by atoms with Crippen molar-refractivity contribution in [2.75, 3.05) is 20.3 Å². The minimum atomic E-state index is 0.194. The third-order valence-electron chi connectivity index (χ3n) is 2.77. The molecule has 3 N–H and O–H groups in total. The predicted octanol–water partition coefficient (Wildman–Crippen LogP) is 2.26. The summed E-state index contributed by atoms with van der Waals surface area (Å²) in [6.07, 6.45) is 1.72. The van der Waals surface area contributed by atoms with Crippen LogP contribution in [-0.2, 0) is 11.2 Å². The number of nitrogens with two attached hydrogens (primary N) is 1. The molecule has 102 valence electrons. The van der Waals surface area contributed by atoms with Crippen LogP contribution in [0.2, 0.25) is 0 Å². The molecule has 0 aliphatic rings. The largest absolute Gasteiger partial charge is 0.497 e. The van der Waals surface area contributed by atoms with Gasteiger partial charge in [-0.25, -0.2) is 0 Å². The van der Waals surface area contributed by atoms with E-state index in [2.05, 4.69) is 21.4 Å². The number of methoxy groups -OCH3 is 1. The van der Waals surface area contributed by atoms with Gasteiger partial charge in [0.1, 0.15) is 5.75 Å². The van der Waals surface area contributed by atoms with E-state index in [0.717, 1.165) is 29.7 Å². The highest BCUT2D eigenvalue weighted by Crippen LogP contribution is 2.24. The summed E-state index contributed by atoms with van der Waals surface area (Å²) >= 11 is 3.54. The normalized spacial score (nSPS) is 12.4. The van der Waals surface area contributed by atoms with E-state index in [0.29, 0.717) is 6.61 Å². The van der Waals surface area contributed by atoms with E-state index in [4.69, 9.17) is 15.3 Å². The lowest BCUT2D eigenvalue weighted by atomic mass is 10.0. The van der Waals surface area contributed by atoms with Crippen molar-refractivity contribution in [1.29, 1.82) is 0 Å². The average Bonchev–Trinajstić information content (AvgIpc) is 2.40. The number of halogens is 1. The van der Waals surface area contributed by atoms with Gasteiger partial charge < -0.3 is 9.47 Å². The van der Waals surface area contributed by atoms with Gasteiger partial charge in [0.15, 0.2) is 0 Å². The fraction of sp³-hybridized carbons (Fsp3) is 0.538. The first kappa shape index (κ1) is 15.4. The quantitative estimate of drug-likeness (QED) is 0.439. The van der Waals surface area contributed by atoms with Crippen LogP contribution in [0.5, 0.6) is 5.75 Å². The zero-order chi connectivity index (χ0) is 13.4. The molecule has 4 nitrogen and oxygen atoms in total. The van der Waals surface area contributed by atoms with E-state index in [1.165, 1.54) is 5.56 Å². The van der Waals surface area contributed by atoms with Crippen molar-refractivity contribution < 1.29 is 9.47 Å². The van der Waals surface area contributed by atoms with Crippen LogP contribution < -0.4 is 16.0 Å². The highest BCUT2D eigenvalue weighted by atomic mass is 79.9. The Morgan fingerprint density at radius 2 is 2.22 bits per heavy atom. The second-order valence-corrected chi connectivity index (χ2v) is 4.86. The molecule has 18 heavy (non-hydrogen) atoms. The molecule has 0 aromatic heterocycles. The number of nitrogens with one attached hydrogen (secondary N) is 1. The third-order valence-corrected chi connectivity index (χ3v) is 3.54. The van der Waals surface area contributed by atoms with Crippen LogP contribution in [-0.4, -0.2) is 26.4 Å². The van der Waals surface area contributed by atoms with Gasteiger partial charge in [-0.15, -0.1) is 0 Å². The monoisotopic (exact) mass is 316 g/mol. The smallest absolute Gasteiger partial charge is 0.119 e. The van der Waals surface area contributed by atoms with Gasteiger partial charge in [-0.3, -0.25) is 11.3 Å². The summed E-state index contributed by atoms with van der Waals surface area (Å²) in [4.78, 5) is 0. The summed E-state index contributed by atoms with van der Waals surface area (Å²) in [6.45, 7) is 3.44. The molecule has 1 unspecified atom stereocenters. The second-order valence-electron chi connectivity index (χ2n) is 4.01. The average molecular weight is 317 g/mol. The number of rotatable bonds is 8. The van der Waals surface area contributed by atoms with E-state index in [9.17, 15) is 0 Å². The molecule has 0 aliphatic heterocycles. The Labute approximate surface area is 117 Å². The highest BCUT2D eigenvalue weighted by molar-refractivity contribution is 9.10. The lowest BCUT2D eigenvalue weighted by Gasteiger charge is -2.17. The van der Waals surface area contributed by atoms with E-state index in [1.54, 1.807) is 7.11 Å². The van der Waals surface area contributed by atoms with Crippen molar-refractivity contribution in [3.63, 3.8) is 0 Å². The maximum absolute atomic E-state index is 5.57. The molecule has 0 heterocycles. The molecule has 0 fully saturated rings. The van der Waals surface area contributed by atoms with Gasteiger partial charge in [0.2, 0.25) is 0 Å². The predicted molar refractivity (Wildman–Crippen MR) is 76.6 cm³/mol. The number of benzene rings is 1. The van der Waals surface area contributed by atoms with Gasteiger partial charge >= 0.3 is 0 Å². The zero-order valence-electron chi connectivity index (χ0n) is 10.9. The van der Waals surface area contributed by atoms with Crippen LogP contribution in [0, 0.1) is 0 Å². The van der Waals surface area contributed by atoms with Crippen molar-refractivity contribution in [3.05, 3.63) is 28.2 Å². The van der Waals surface area contributed by atoms with E-state index in [-0.39, 0.29) is 6.04 Å². The number of ether oxygens (including phenoxy) is 2. The Balaban J connectivity index is 2.62. The van der Waals surface area contributed by atoms with Crippen molar-refractivity contribution in [3.8, 4) is 5.75 Å². The van der Waals surface area contributed by atoms with E-state index < -0.39 is 0 Å². The number of hydrogen-bond donors (Lipinski definition) is 2. The molecular weight excluding hydrogens is 296 g/mol. The topological polar surface area (TPSA) is 56.5 Å². The second kappa shape index (κ2) is 8.48. The van der Waals surface area contributed by atoms with Crippen molar-refractivity contribution >= 4 is 15.9 Å². The molecule has 1 aromatic rings. The molecule has 0 bridgehead atoms. The maximum Gasteiger partial charge on any atom is 0.119 e. The third kappa shape index (κ3) is 4.94. The minimum Gasteiger partial charge on any atom is -0.497 e. The zero-order valence-corrected chi connectivity index (χ0v) is 12.5. The molecule has 1 atom stereocenters. The lowest BCUT2D eigenvalue weighted by molar-refractivity contribution is 0.136. The van der Waals surface area contributed by atoms with E-state index >= 15 is 0 Å².